The van der Waals surface area contributed by atoms with Crippen molar-refractivity contribution < 1.29 is 0 Å². The number of nitriles is 1. The summed E-state index contributed by atoms with van der Waals surface area (Å²) in [5.41, 5.74) is 1.87. The van der Waals surface area contributed by atoms with E-state index in [1.807, 2.05) is 6.07 Å². The maximum Gasteiger partial charge on any atom is 0.172 e. The second-order valence-electron chi connectivity index (χ2n) is 3.29. The maximum atomic E-state index is 8.88. The number of hydrogen-bond acceptors (Lipinski definition) is 2. The Hall–Kier alpha value is -1.24. The number of hydrogen-bond donors (Lipinski definition) is 1. The van der Waals surface area contributed by atoms with E-state index in [0.717, 1.165) is 5.52 Å². The molecule has 0 aliphatic carbocycles. The Bertz CT molecular complexity index is 546. The summed E-state index contributed by atoms with van der Waals surface area (Å²) in [4.78, 5) is 7.20. The van der Waals surface area contributed by atoms with Crippen LogP contribution in [0.3, 0.4) is 0 Å². The van der Waals surface area contributed by atoms with Crippen LogP contribution in [0.15, 0.2) is 18.2 Å². The molecule has 0 aliphatic rings. The topological polar surface area (TPSA) is 52.5 Å². The van der Waals surface area contributed by atoms with Crippen LogP contribution in [0.5, 0.6) is 0 Å². The number of rotatable bonds is 1. The van der Waals surface area contributed by atoms with Crippen molar-refractivity contribution in [1.82, 2.24) is 9.97 Å². The van der Waals surface area contributed by atoms with Gasteiger partial charge in [0.05, 0.1) is 11.1 Å². The molecule has 2 aromatic rings. The zero-order valence-corrected chi connectivity index (χ0v) is 9.39. The SMILES string of the molecule is CC(Cl)(Cl)c1nc2c(C#N)cccc2[nH]1. The van der Waals surface area contributed by atoms with Gasteiger partial charge in [-0.05, 0) is 19.1 Å². The third-order valence-corrected chi connectivity index (χ3v) is 2.41. The second-order valence-corrected chi connectivity index (χ2v) is 4.99. The molecule has 0 aliphatic heterocycles. The number of nitrogens with zero attached hydrogens (tertiary/aromatic N) is 2. The summed E-state index contributed by atoms with van der Waals surface area (Å²) in [7, 11) is 0. The van der Waals surface area contributed by atoms with Crippen molar-refractivity contribution in [3.8, 4) is 6.07 Å². The summed E-state index contributed by atoms with van der Waals surface area (Å²) in [5.74, 6) is 0.448. The molecule has 0 radical (unpaired) electrons. The summed E-state index contributed by atoms with van der Waals surface area (Å²) >= 11 is 11.8. The molecule has 0 bridgehead atoms. The van der Waals surface area contributed by atoms with Crippen LogP contribution >= 0.6 is 23.2 Å². The average molecular weight is 240 g/mol. The minimum absolute atomic E-state index is 0.448. The minimum atomic E-state index is -1.08. The molecule has 0 spiro atoms. The Morgan fingerprint density at radius 2 is 2.20 bits per heavy atom. The number of fused-ring (bicyclic) bond motifs is 1. The van der Waals surface area contributed by atoms with Gasteiger partial charge in [-0.25, -0.2) is 4.98 Å². The lowest BCUT2D eigenvalue weighted by Crippen LogP contribution is -2.05. The van der Waals surface area contributed by atoms with E-state index in [-0.39, 0.29) is 0 Å². The summed E-state index contributed by atoms with van der Waals surface area (Å²) in [6, 6.07) is 7.37. The molecule has 15 heavy (non-hydrogen) atoms. The van der Waals surface area contributed by atoms with Gasteiger partial charge in [-0.1, -0.05) is 29.3 Å². The number of benzene rings is 1. The van der Waals surface area contributed by atoms with E-state index in [1.54, 1.807) is 19.1 Å². The molecule has 0 saturated carbocycles. The van der Waals surface area contributed by atoms with Gasteiger partial charge in [0.2, 0.25) is 0 Å². The summed E-state index contributed by atoms with van der Waals surface area (Å²) < 4.78 is -1.08. The van der Waals surface area contributed by atoms with Gasteiger partial charge in [-0.2, -0.15) is 5.26 Å². The Morgan fingerprint density at radius 1 is 1.47 bits per heavy atom. The van der Waals surface area contributed by atoms with Crippen LogP contribution < -0.4 is 0 Å². The van der Waals surface area contributed by atoms with Crippen LogP contribution in [0.4, 0.5) is 0 Å². The summed E-state index contributed by atoms with van der Waals surface area (Å²) in [5, 5.41) is 8.88. The molecule has 1 aromatic carbocycles. The predicted octanol–water partition coefficient (Wildman–Crippen LogP) is 3.08. The number of aromatic amines is 1. The quantitative estimate of drug-likeness (QED) is 0.778. The van der Waals surface area contributed by atoms with Crippen LogP contribution in [0, 0.1) is 11.3 Å². The first-order valence-corrected chi connectivity index (χ1v) is 5.05. The molecule has 2 rings (SSSR count). The van der Waals surface area contributed by atoms with Gasteiger partial charge in [0, 0.05) is 0 Å². The fourth-order valence-electron chi connectivity index (χ4n) is 1.33. The minimum Gasteiger partial charge on any atom is -0.339 e. The predicted molar refractivity (Wildman–Crippen MR) is 59.9 cm³/mol. The van der Waals surface area contributed by atoms with Crippen LogP contribution in [0.2, 0.25) is 0 Å². The van der Waals surface area contributed by atoms with Crippen LogP contribution in [-0.2, 0) is 4.33 Å². The first-order valence-electron chi connectivity index (χ1n) is 4.29. The molecular weight excluding hydrogens is 233 g/mol. The van der Waals surface area contributed by atoms with E-state index in [4.69, 9.17) is 28.5 Å². The zero-order chi connectivity index (χ0) is 11.1. The van der Waals surface area contributed by atoms with Gasteiger partial charge in [-0.15, -0.1) is 0 Å². The highest BCUT2D eigenvalue weighted by atomic mass is 35.5. The zero-order valence-electron chi connectivity index (χ0n) is 7.88. The first kappa shape index (κ1) is 10.3. The monoisotopic (exact) mass is 239 g/mol. The highest BCUT2D eigenvalue weighted by molar-refractivity contribution is 6.47. The summed E-state index contributed by atoms with van der Waals surface area (Å²) in [6.45, 7) is 1.62. The van der Waals surface area contributed by atoms with E-state index in [0.29, 0.717) is 16.9 Å². The highest BCUT2D eigenvalue weighted by Gasteiger charge is 2.24. The van der Waals surface area contributed by atoms with Crippen molar-refractivity contribution in [3.63, 3.8) is 0 Å². The first-order chi connectivity index (χ1) is 7.02. The molecule has 76 valence electrons. The van der Waals surface area contributed by atoms with Gasteiger partial charge in [0.1, 0.15) is 17.4 Å². The smallest absolute Gasteiger partial charge is 0.172 e. The third-order valence-electron chi connectivity index (χ3n) is 2.05. The normalized spacial score (nSPS) is 11.6. The van der Waals surface area contributed by atoms with E-state index < -0.39 is 4.33 Å². The van der Waals surface area contributed by atoms with Crippen molar-refractivity contribution in [1.29, 1.82) is 5.26 Å². The van der Waals surface area contributed by atoms with Crippen molar-refractivity contribution in [3.05, 3.63) is 29.6 Å². The molecule has 5 heteroatoms. The molecule has 0 saturated heterocycles. The van der Waals surface area contributed by atoms with Gasteiger partial charge in [0.15, 0.2) is 4.33 Å². The Labute approximate surface area is 96.6 Å². The molecule has 1 N–H and O–H groups in total. The second kappa shape index (κ2) is 3.41. The van der Waals surface area contributed by atoms with Crippen molar-refractivity contribution in [2.75, 3.05) is 0 Å². The Kier molecular flexibility index (Phi) is 2.34. The molecule has 0 unspecified atom stereocenters. The average Bonchev–Trinajstić information content (AvgIpc) is 2.59. The fourth-order valence-corrected chi connectivity index (χ4v) is 1.51. The molecule has 1 heterocycles. The third kappa shape index (κ3) is 1.79. The van der Waals surface area contributed by atoms with Crippen LogP contribution in [0.1, 0.15) is 18.3 Å². The van der Waals surface area contributed by atoms with E-state index in [2.05, 4.69) is 16.0 Å². The number of H-pyrrole nitrogens is 1. The van der Waals surface area contributed by atoms with Crippen LogP contribution in [-0.4, -0.2) is 9.97 Å². The number of nitrogens with one attached hydrogen (secondary N) is 1. The lowest BCUT2D eigenvalue weighted by molar-refractivity contribution is 0.881. The largest absolute Gasteiger partial charge is 0.339 e. The fraction of sp³-hybridized carbons (Fsp3) is 0.200. The number of alkyl halides is 2. The number of aromatic nitrogens is 2. The van der Waals surface area contributed by atoms with Gasteiger partial charge in [0.25, 0.3) is 0 Å². The molecule has 1 aromatic heterocycles. The van der Waals surface area contributed by atoms with Gasteiger partial charge in [-0.3, -0.25) is 0 Å². The standard InChI is InChI=1S/C10H7Cl2N3/c1-10(11,12)9-14-7-4-2-3-6(5-13)8(7)15-9/h2-4H,1H3,(H,14,15). The van der Waals surface area contributed by atoms with Crippen molar-refractivity contribution >= 4 is 34.2 Å². The highest BCUT2D eigenvalue weighted by Crippen LogP contribution is 2.32. The van der Waals surface area contributed by atoms with Crippen molar-refractivity contribution in [2.45, 2.75) is 11.3 Å². The van der Waals surface area contributed by atoms with Gasteiger partial charge < -0.3 is 4.98 Å². The summed E-state index contributed by atoms with van der Waals surface area (Å²) in [6.07, 6.45) is 0. The van der Waals surface area contributed by atoms with E-state index >= 15 is 0 Å². The number of halogens is 2. The maximum absolute atomic E-state index is 8.88. The molecular formula is C10H7Cl2N3. The molecule has 3 nitrogen and oxygen atoms in total. The van der Waals surface area contributed by atoms with Crippen molar-refractivity contribution in [2.24, 2.45) is 0 Å². The number of para-hydroxylation sites is 1. The van der Waals surface area contributed by atoms with Crippen LogP contribution in [0.25, 0.3) is 11.0 Å². The van der Waals surface area contributed by atoms with E-state index in [1.165, 1.54) is 0 Å². The molecule has 0 amide bonds. The number of imidazole rings is 1. The lowest BCUT2D eigenvalue weighted by Gasteiger charge is -2.07. The Morgan fingerprint density at radius 3 is 2.80 bits per heavy atom. The Balaban J connectivity index is 2.72. The molecule has 0 atom stereocenters. The van der Waals surface area contributed by atoms with Gasteiger partial charge >= 0.3 is 0 Å². The van der Waals surface area contributed by atoms with E-state index in [9.17, 15) is 0 Å². The lowest BCUT2D eigenvalue weighted by atomic mass is 10.2. The molecule has 0 fully saturated rings.